The quantitative estimate of drug-likeness (QED) is 0.612. The first kappa shape index (κ1) is 19.2. The highest BCUT2D eigenvalue weighted by Gasteiger charge is 2.30. The Balaban J connectivity index is 0.00000117. The summed E-state index contributed by atoms with van der Waals surface area (Å²) in [6, 6.07) is 10.6. The molecule has 2 aromatic rings. The van der Waals surface area contributed by atoms with Crippen LogP contribution in [0.2, 0.25) is 0 Å². The van der Waals surface area contributed by atoms with Crippen LogP contribution in [0.1, 0.15) is 25.0 Å². The van der Waals surface area contributed by atoms with Crippen LogP contribution in [-0.2, 0) is 11.3 Å². The van der Waals surface area contributed by atoms with Crippen molar-refractivity contribution in [2.75, 3.05) is 18.6 Å². The van der Waals surface area contributed by atoms with Gasteiger partial charge >= 0.3 is 5.69 Å². The summed E-state index contributed by atoms with van der Waals surface area (Å²) in [6.07, 6.45) is 0. The van der Waals surface area contributed by atoms with Crippen molar-refractivity contribution in [2.45, 2.75) is 27.3 Å². The molecule has 0 bridgehead atoms. The summed E-state index contributed by atoms with van der Waals surface area (Å²) in [4.78, 5) is 24.4. The van der Waals surface area contributed by atoms with Gasteiger partial charge in [0.05, 0.1) is 30.3 Å². The molecule has 1 aliphatic rings. The van der Waals surface area contributed by atoms with Gasteiger partial charge in [-0.2, -0.15) is 0 Å². The summed E-state index contributed by atoms with van der Waals surface area (Å²) in [5.74, 6) is 0.180. The second-order valence-corrected chi connectivity index (χ2v) is 5.50. The van der Waals surface area contributed by atoms with Crippen molar-refractivity contribution in [3.05, 3.63) is 57.6 Å². The number of carbonyl (C=O) groups excluding carboxylic acids is 1. The van der Waals surface area contributed by atoms with Crippen LogP contribution < -0.4 is 14.4 Å². The van der Waals surface area contributed by atoms with Gasteiger partial charge in [-0.05, 0) is 12.5 Å². The van der Waals surface area contributed by atoms with E-state index in [4.69, 9.17) is 9.47 Å². The molecule has 1 aliphatic heterocycles. The van der Waals surface area contributed by atoms with Crippen LogP contribution in [0.25, 0.3) is 0 Å². The minimum absolute atomic E-state index is 0.0888. The second kappa shape index (κ2) is 8.33. The summed E-state index contributed by atoms with van der Waals surface area (Å²) >= 11 is 0. The maximum absolute atomic E-state index is 12.3. The summed E-state index contributed by atoms with van der Waals surface area (Å²) in [7, 11) is 1.35. The minimum Gasteiger partial charge on any atom is -0.490 e. The standard InChI is InChI=1S/C17H16N2O5.C2H6/c1-11-3-5-12(6-4-11)9-18-13-7-15(23-2)14(19(21)22)8-16(13)24-10-17(18)20;1-2/h3-8H,9-10H2,1-2H3;1-2H3. The lowest BCUT2D eigenvalue weighted by Gasteiger charge is -2.29. The molecular weight excluding hydrogens is 336 g/mol. The highest BCUT2D eigenvalue weighted by molar-refractivity contribution is 5.98. The number of fused-ring (bicyclic) bond motifs is 1. The molecule has 3 rings (SSSR count). The molecule has 7 nitrogen and oxygen atoms in total. The molecule has 0 atom stereocenters. The van der Waals surface area contributed by atoms with Crippen LogP contribution in [0.15, 0.2) is 36.4 Å². The van der Waals surface area contributed by atoms with E-state index in [1.165, 1.54) is 19.2 Å². The number of aryl methyl sites for hydroxylation is 1. The molecule has 1 heterocycles. The number of nitro benzene ring substituents is 1. The fourth-order valence-electron chi connectivity index (χ4n) is 2.57. The topological polar surface area (TPSA) is 81.9 Å². The molecule has 7 heteroatoms. The van der Waals surface area contributed by atoms with Crippen LogP contribution in [-0.4, -0.2) is 24.5 Å². The number of amides is 1. The van der Waals surface area contributed by atoms with Crippen molar-refractivity contribution in [2.24, 2.45) is 0 Å². The van der Waals surface area contributed by atoms with Crippen molar-refractivity contribution in [1.29, 1.82) is 0 Å². The number of hydrogen-bond donors (Lipinski definition) is 0. The van der Waals surface area contributed by atoms with Crippen LogP contribution in [0.4, 0.5) is 11.4 Å². The molecule has 0 radical (unpaired) electrons. The van der Waals surface area contributed by atoms with Gasteiger partial charge in [0.1, 0.15) is 0 Å². The lowest BCUT2D eigenvalue weighted by Crippen LogP contribution is -2.38. The van der Waals surface area contributed by atoms with Gasteiger partial charge in [0.2, 0.25) is 0 Å². The number of benzene rings is 2. The van der Waals surface area contributed by atoms with Crippen molar-refractivity contribution in [1.82, 2.24) is 0 Å². The molecule has 0 saturated carbocycles. The third kappa shape index (κ3) is 3.93. The maximum Gasteiger partial charge on any atom is 0.314 e. The summed E-state index contributed by atoms with van der Waals surface area (Å²) < 4.78 is 10.4. The highest BCUT2D eigenvalue weighted by Crippen LogP contribution is 2.41. The van der Waals surface area contributed by atoms with Gasteiger partial charge in [0.15, 0.2) is 18.1 Å². The minimum atomic E-state index is -0.538. The SMILES string of the molecule is CC.COc1cc2c(cc1[N+](=O)[O-])OCC(=O)N2Cc1ccc(C)cc1. The first-order valence-electron chi connectivity index (χ1n) is 8.34. The van der Waals surface area contributed by atoms with Crippen LogP contribution in [0, 0.1) is 17.0 Å². The molecule has 0 fully saturated rings. The van der Waals surface area contributed by atoms with Gasteiger partial charge in [0.25, 0.3) is 5.91 Å². The first-order chi connectivity index (χ1) is 12.5. The molecule has 0 aromatic heterocycles. The van der Waals surface area contributed by atoms with Gasteiger partial charge < -0.3 is 14.4 Å². The lowest BCUT2D eigenvalue weighted by molar-refractivity contribution is -0.385. The zero-order valence-electron chi connectivity index (χ0n) is 15.3. The van der Waals surface area contributed by atoms with E-state index in [1.807, 2.05) is 45.0 Å². The van der Waals surface area contributed by atoms with E-state index >= 15 is 0 Å². The lowest BCUT2D eigenvalue weighted by atomic mass is 10.1. The Morgan fingerprint density at radius 1 is 1.23 bits per heavy atom. The Bertz CT molecular complexity index is 802. The van der Waals surface area contributed by atoms with Crippen molar-refractivity contribution >= 4 is 17.3 Å². The van der Waals surface area contributed by atoms with Gasteiger partial charge in [-0.3, -0.25) is 14.9 Å². The van der Waals surface area contributed by atoms with Crippen LogP contribution in [0.5, 0.6) is 11.5 Å². The Morgan fingerprint density at radius 2 is 1.88 bits per heavy atom. The summed E-state index contributed by atoms with van der Waals surface area (Å²) in [6.45, 7) is 6.20. The van der Waals surface area contributed by atoms with Gasteiger partial charge in [0, 0.05) is 6.07 Å². The number of nitrogens with zero attached hydrogens (tertiary/aromatic N) is 2. The molecule has 0 saturated heterocycles. The molecule has 138 valence electrons. The Kier molecular flexibility index (Phi) is 6.16. The van der Waals surface area contributed by atoms with E-state index < -0.39 is 4.92 Å². The average molecular weight is 358 g/mol. The third-order valence-corrected chi connectivity index (χ3v) is 3.86. The molecule has 2 aromatic carbocycles. The summed E-state index contributed by atoms with van der Waals surface area (Å²) in [5, 5.41) is 11.1. The van der Waals surface area contributed by atoms with E-state index in [0.29, 0.717) is 18.0 Å². The Labute approximate surface area is 152 Å². The predicted molar refractivity (Wildman–Crippen MR) is 98.9 cm³/mol. The molecule has 1 amide bonds. The number of carbonyl (C=O) groups is 1. The van der Waals surface area contributed by atoms with E-state index in [-0.39, 0.29) is 24.0 Å². The zero-order chi connectivity index (χ0) is 19.3. The molecule has 0 spiro atoms. The second-order valence-electron chi connectivity index (χ2n) is 5.50. The Morgan fingerprint density at radius 3 is 2.46 bits per heavy atom. The maximum atomic E-state index is 12.3. The number of anilines is 1. The van der Waals surface area contributed by atoms with Crippen molar-refractivity contribution < 1.29 is 19.2 Å². The largest absolute Gasteiger partial charge is 0.490 e. The fraction of sp³-hybridized carbons (Fsp3) is 0.316. The first-order valence-corrected chi connectivity index (χ1v) is 8.34. The average Bonchev–Trinajstić information content (AvgIpc) is 2.66. The summed E-state index contributed by atoms with van der Waals surface area (Å²) in [5.41, 5.74) is 2.36. The Hall–Kier alpha value is -3.09. The van der Waals surface area contributed by atoms with Crippen LogP contribution >= 0.6 is 0 Å². The van der Waals surface area contributed by atoms with Crippen molar-refractivity contribution in [3.8, 4) is 11.5 Å². The zero-order valence-corrected chi connectivity index (χ0v) is 15.3. The van der Waals surface area contributed by atoms with Crippen molar-refractivity contribution in [3.63, 3.8) is 0 Å². The molecular formula is C19H22N2O5. The molecule has 0 aliphatic carbocycles. The van der Waals surface area contributed by atoms with Gasteiger partial charge in [-0.1, -0.05) is 43.7 Å². The number of ether oxygens (including phenoxy) is 2. The van der Waals surface area contributed by atoms with Gasteiger partial charge in [-0.25, -0.2) is 0 Å². The number of nitro groups is 1. The molecule has 0 unspecified atom stereocenters. The van der Waals surface area contributed by atoms with E-state index in [1.54, 1.807) is 4.90 Å². The monoisotopic (exact) mass is 358 g/mol. The third-order valence-electron chi connectivity index (χ3n) is 3.86. The van der Waals surface area contributed by atoms with E-state index in [9.17, 15) is 14.9 Å². The number of methoxy groups -OCH3 is 1. The normalized spacial score (nSPS) is 12.5. The molecule has 0 N–H and O–H groups in total. The number of rotatable bonds is 4. The highest BCUT2D eigenvalue weighted by atomic mass is 16.6. The smallest absolute Gasteiger partial charge is 0.314 e. The predicted octanol–water partition coefficient (Wildman–Crippen LogP) is 3.86. The van der Waals surface area contributed by atoms with Crippen LogP contribution in [0.3, 0.4) is 0 Å². The van der Waals surface area contributed by atoms with E-state index in [0.717, 1.165) is 11.1 Å². The van der Waals surface area contributed by atoms with Gasteiger partial charge in [-0.15, -0.1) is 0 Å². The van der Waals surface area contributed by atoms with E-state index in [2.05, 4.69) is 0 Å². The number of hydrogen-bond acceptors (Lipinski definition) is 5. The fourth-order valence-corrected chi connectivity index (χ4v) is 2.57. The molecule has 26 heavy (non-hydrogen) atoms.